The predicted octanol–water partition coefficient (Wildman–Crippen LogP) is 2.53. The number of hydrogen-bond acceptors (Lipinski definition) is 1. The Hall–Kier alpha value is -1.07. The largest absolute Gasteiger partial charge is 0.279 e. The van der Waals surface area contributed by atoms with E-state index in [1.54, 1.807) is 12.1 Å². The first-order chi connectivity index (χ1) is 5.74. The van der Waals surface area contributed by atoms with Crippen LogP contribution in [0.3, 0.4) is 0 Å². The van der Waals surface area contributed by atoms with Crippen molar-refractivity contribution < 1.29 is 4.79 Å². The molecular weight excluding hydrogens is 216 g/mol. The fourth-order valence-electron chi connectivity index (χ4n) is 0.820. The number of aryl methyl sites for hydroxylation is 1. The van der Waals surface area contributed by atoms with Gasteiger partial charge < -0.3 is 0 Å². The number of ketones is 1. The second-order valence-corrected chi connectivity index (χ2v) is 2.81. The Kier molecular flexibility index (Phi) is 3.07. The maximum absolute atomic E-state index is 11.2. The standard InChI is InChI=1S/C10H7BrO/c1-8-2-4-9(5-3-8)10(12)6-7-11/h2-5H,1H3. The summed E-state index contributed by atoms with van der Waals surface area (Å²) < 4.78 is 0. The molecule has 0 atom stereocenters. The number of Topliss-reactive ketones (excluding diaryl/α,β-unsaturated/α-hetero) is 1. The normalized spacial score (nSPS) is 8.50. The smallest absolute Gasteiger partial charge is 0.236 e. The SMILES string of the molecule is Cc1ccc(C(=O)C#CBr)cc1. The topological polar surface area (TPSA) is 17.1 Å². The lowest BCUT2D eigenvalue weighted by Gasteiger charge is -1.93. The predicted molar refractivity (Wildman–Crippen MR) is 52.2 cm³/mol. The summed E-state index contributed by atoms with van der Waals surface area (Å²) in [5.74, 6) is 2.25. The van der Waals surface area contributed by atoms with Crippen LogP contribution >= 0.6 is 15.9 Å². The third-order valence-electron chi connectivity index (χ3n) is 1.47. The van der Waals surface area contributed by atoms with Gasteiger partial charge in [0.15, 0.2) is 0 Å². The Morgan fingerprint density at radius 3 is 2.42 bits per heavy atom. The minimum atomic E-state index is -0.160. The summed E-state index contributed by atoms with van der Waals surface area (Å²) in [6, 6.07) is 7.33. The van der Waals surface area contributed by atoms with Crippen molar-refractivity contribution >= 4 is 21.7 Å². The number of halogens is 1. The molecule has 1 nitrogen and oxygen atoms in total. The molecule has 0 N–H and O–H groups in total. The maximum Gasteiger partial charge on any atom is 0.236 e. The minimum absolute atomic E-state index is 0.160. The van der Waals surface area contributed by atoms with Crippen LogP contribution in [0.2, 0.25) is 0 Å². The molecule has 12 heavy (non-hydrogen) atoms. The van der Waals surface area contributed by atoms with Crippen LogP contribution < -0.4 is 0 Å². The van der Waals surface area contributed by atoms with Crippen molar-refractivity contribution in [3.05, 3.63) is 35.4 Å². The Balaban J connectivity index is 2.95. The lowest BCUT2D eigenvalue weighted by molar-refractivity contribution is 0.105. The van der Waals surface area contributed by atoms with Gasteiger partial charge in [-0.05, 0) is 17.7 Å². The van der Waals surface area contributed by atoms with Gasteiger partial charge in [-0.2, -0.15) is 0 Å². The molecular formula is C10H7BrO. The molecule has 0 aliphatic heterocycles. The number of benzene rings is 1. The van der Waals surface area contributed by atoms with E-state index in [1.807, 2.05) is 19.1 Å². The molecule has 0 spiro atoms. The number of rotatable bonds is 1. The average molecular weight is 223 g/mol. The van der Waals surface area contributed by atoms with Crippen LogP contribution in [0.4, 0.5) is 0 Å². The van der Waals surface area contributed by atoms with Gasteiger partial charge in [0.1, 0.15) is 0 Å². The number of hydrogen-bond donors (Lipinski definition) is 0. The molecule has 0 aliphatic carbocycles. The van der Waals surface area contributed by atoms with Crippen molar-refractivity contribution in [2.45, 2.75) is 6.92 Å². The molecule has 0 aliphatic rings. The molecule has 1 aromatic carbocycles. The van der Waals surface area contributed by atoms with E-state index in [-0.39, 0.29) is 5.78 Å². The molecule has 0 heterocycles. The van der Waals surface area contributed by atoms with E-state index in [0.29, 0.717) is 5.56 Å². The van der Waals surface area contributed by atoms with Gasteiger partial charge in [-0.1, -0.05) is 29.8 Å². The molecule has 0 amide bonds. The average Bonchev–Trinajstić information content (AvgIpc) is 2.06. The Bertz CT molecular complexity index is 340. The summed E-state index contributed by atoms with van der Waals surface area (Å²) >= 11 is 2.88. The molecule has 1 rings (SSSR count). The number of carbonyl (C=O) groups is 1. The van der Waals surface area contributed by atoms with Crippen LogP contribution in [-0.2, 0) is 0 Å². The van der Waals surface area contributed by atoms with Crippen molar-refractivity contribution in [2.24, 2.45) is 0 Å². The quantitative estimate of drug-likeness (QED) is 0.528. The second kappa shape index (κ2) is 4.08. The van der Waals surface area contributed by atoms with Gasteiger partial charge in [-0.3, -0.25) is 4.79 Å². The van der Waals surface area contributed by atoms with Crippen molar-refractivity contribution in [3.63, 3.8) is 0 Å². The van der Waals surface area contributed by atoms with Crippen LogP contribution in [0.15, 0.2) is 24.3 Å². The zero-order valence-corrected chi connectivity index (χ0v) is 8.18. The molecule has 60 valence electrons. The van der Waals surface area contributed by atoms with Gasteiger partial charge >= 0.3 is 0 Å². The van der Waals surface area contributed by atoms with Crippen LogP contribution in [0.1, 0.15) is 15.9 Å². The molecule has 0 radical (unpaired) electrons. The van der Waals surface area contributed by atoms with Crippen LogP contribution in [0.25, 0.3) is 0 Å². The highest BCUT2D eigenvalue weighted by Crippen LogP contribution is 2.03. The first kappa shape index (κ1) is 9.02. The van der Waals surface area contributed by atoms with Crippen molar-refractivity contribution in [1.29, 1.82) is 0 Å². The van der Waals surface area contributed by atoms with E-state index in [4.69, 9.17) is 0 Å². The highest BCUT2D eigenvalue weighted by atomic mass is 79.9. The van der Waals surface area contributed by atoms with Gasteiger partial charge in [0.05, 0.1) is 0 Å². The van der Waals surface area contributed by atoms with Crippen LogP contribution in [-0.4, -0.2) is 5.78 Å². The fraction of sp³-hybridized carbons (Fsp3) is 0.100. The molecule has 0 saturated heterocycles. The number of carbonyl (C=O) groups excluding carboxylic acids is 1. The molecule has 2 heteroatoms. The molecule has 1 aromatic rings. The van der Waals surface area contributed by atoms with E-state index in [2.05, 4.69) is 26.7 Å². The molecule has 0 saturated carbocycles. The molecule has 0 aromatic heterocycles. The third kappa shape index (κ3) is 2.21. The summed E-state index contributed by atoms with van der Waals surface area (Å²) in [5.41, 5.74) is 1.77. The van der Waals surface area contributed by atoms with Gasteiger partial charge in [0.2, 0.25) is 5.78 Å². The monoisotopic (exact) mass is 222 g/mol. The zero-order valence-electron chi connectivity index (χ0n) is 6.60. The van der Waals surface area contributed by atoms with E-state index in [9.17, 15) is 4.79 Å². The van der Waals surface area contributed by atoms with Crippen molar-refractivity contribution in [1.82, 2.24) is 0 Å². The fourth-order valence-corrected chi connectivity index (χ4v) is 1.00. The first-order valence-corrected chi connectivity index (χ1v) is 4.26. The van der Waals surface area contributed by atoms with Crippen molar-refractivity contribution in [3.8, 4) is 10.8 Å². The highest BCUT2D eigenvalue weighted by molar-refractivity contribution is 9.12. The lowest BCUT2D eigenvalue weighted by atomic mass is 10.1. The summed E-state index contributed by atoms with van der Waals surface area (Å²) in [7, 11) is 0. The molecule has 0 unspecified atom stereocenters. The maximum atomic E-state index is 11.2. The third-order valence-corrected chi connectivity index (χ3v) is 1.67. The Morgan fingerprint density at radius 2 is 1.92 bits per heavy atom. The summed E-state index contributed by atoms with van der Waals surface area (Å²) in [6.07, 6.45) is 0. The van der Waals surface area contributed by atoms with E-state index >= 15 is 0 Å². The molecule has 0 bridgehead atoms. The van der Waals surface area contributed by atoms with Crippen molar-refractivity contribution in [2.75, 3.05) is 0 Å². The van der Waals surface area contributed by atoms with Gasteiger partial charge in [0, 0.05) is 21.5 Å². The first-order valence-electron chi connectivity index (χ1n) is 3.46. The van der Waals surface area contributed by atoms with Crippen LogP contribution in [0, 0.1) is 17.7 Å². The van der Waals surface area contributed by atoms with E-state index in [1.165, 1.54) is 0 Å². The molecule has 0 fully saturated rings. The summed E-state index contributed by atoms with van der Waals surface area (Å²) in [5, 5.41) is 0. The van der Waals surface area contributed by atoms with Crippen LogP contribution in [0.5, 0.6) is 0 Å². The summed E-state index contributed by atoms with van der Waals surface area (Å²) in [4.78, 5) is 13.5. The lowest BCUT2D eigenvalue weighted by Crippen LogP contribution is -1.93. The zero-order chi connectivity index (χ0) is 8.97. The Morgan fingerprint density at radius 1 is 1.33 bits per heavy atom. The highest BCUT2D eigenvalue weighted by Gasteiger charge is 1.99. The summed E-state index contributed by atoms with van der Waals surface area (Å²) in [6.45, 7) is 1.98. The minimum Gasteiger partial charge on any atom is -0.279 e. The van der Waals surface area contributed by atoms with E-state index < -0.39 is 0 Å². The van der Waals surface area contributed by atoms with Gasteiger partial charge in [-0.25, -0.2) is 0 Å². The van der Waals surface area contributed by atoms with Gasteiger partial charge in [-0.15, -0.1) is 0 Å². The van der Waals surface area contributed by atoms with Gasteiger partial charge in [0.25, 0.3) is 0 Å². The second-order valence-electron chi connectivity index (χ2n) is 2.41. The Labute approximate surface area is 79.9 Å². The van der Waals surface area contributed by atoms with E-state index in [0.717, 1.165) is 5.56 Å².